The van der Waals surface area contributed by atoms with E-state index in [0.29, 0.717) is 5.88 Å². The lowest BCUT2D eigenvalue weighted by molar-refractivity contribution is -0.135. The maximum Gasteiger partial charge on any atom is 0.329 e. The van der Waals surface area contributed by atoms with Crippen molar-refractivity contribution < 1.29 is 9.53 Å². The van der Waals surface area contributed by atoms with Crippen LogP contribution < -0.4 is 10.5 Å². The number of hydrogen-bond donors (Lipinski definition) is 2. The second-order valence-electron chi connectivity index (χ2n) is 2.13. The zero-order valence-electron chi connectivity index (χ0n) is 6.07. The standard InChI is InChI=1S/C6H9N3O2/c1-4(7)6(10)11-5-2-8-3-9-5/h2-4H,7H2,1H3,(H,8,9)/t4-/m0/s1. The lowest BCUT2D eigenvalue weighted by atomic mass is 10.4. The van der Waals surface area contributed by atoms with Crippen LogP contribution >= 0.6 is 0 Å². The van der Waals surface area contributed by atoms with Crippen molar-refractivity contribution in [3.05, 3.63) is 12.5 Å². The Kier molecular flexibility index (Phi) is 2.22. The number of aromatic nitrogens is 2. The topological polar surface area (TPSA) is 81.0 Å². The van der Waals surface area contributed by atoms with E-state index in [9.17, 15) is 4.79 Å². The van der Waals surface area contributed by atoms with Gasteiger partial charge < -0.3 is 15.5 Å². The number of hydrogen-bond acceptors (Lipinski definition) is 4. The fraction of sp³-hybridized carbons (Fsp3) is 0.333. The predicted octanol–water partition coefficient (Wildman–Crippen LogP) is -0.338. The first-order valence-corrected chi connectivity index (χ1v) is 3.16. The van der Waals surface area contributed by atoms with Gasteiger partial charge in [-0.05, 0) is 6.92 Å². The molecule has 0 amide bonds. The summed E-state index contributed by atoms with van der Waals surface area (Å²) in [5.74, 6) is -0.165. The van der Waals surface area contributed by atoms with Crippen LogP contribution in [0.25, 0.3) is 0 Å². The molecule has 5 heteroatoms. The van der Waals surface area contributed by atoms with E-state index in [2.05, 4.69) is 9.97 Å². The molecule has 0 aliphatic carbocycles. The summed E-state index contributed by atoms with van der Waals surface area (Å²) in [5, 5.41) is 0. The summed E-state index contributed by atoms with van der Waals surface area (Å²) in [6.45, 7) is 1.55. The zero-order chi connectivity index (χ0) is 8.27. The molecule has 1 aromatic heterocycles. The van der Waals surface area contributed by atoms with Crippen LogP contribution in [-0.2, 0) is 4.79 Å². The highest BCUT2D eigenvalue weighted by Crippen LogP contribution is 2.01. The van der Waals surface area contributed by atoms with Gasteiger partial charge in [0.2, 0.25) is 5.88 Å². The van der Waals surface area contributed by atoms with E-state index in [0.717, 1.165) is 0 Å². The van der Waals surface area contributed by atoms with Gasteiger partial charge in [0.25, 0.3) is 0 Å². The lowest BCUT2D eigenvalue weighted by Crippen LogP contribution is -2.30. The smallest absolute Gasteiger partial charge is 0.329 e. The first kappa shape index (κ1) is 7.74. The molecule has 0 saturated carbocycles. The first-order chi connectivity index (χ1) is 5.20. The Morgan fingerprint density at radius 1 is 1.91 bits per heavy atom. The third-order valence-corrected chi connectivity index (χ3v) is 1.06. The first-order valence-electron chi connectivity index (χ1n) is 3.16. The maximum absolute atomic E-state index is 10.8. The molecule has 3 N–H and O–H groups in total. The van der Waals surface area contributed by atoms with Crippen molar-refractivity contribution >= 4 is 5.97 Å². The highest BCUT2D eigenvalue weighted by molar-refractivity contribution is 5.76. The normalized spacial score (nSPS) is 12.5. The Bertz CT molecular complexity index is 230. The zero-order valence-corrected chi connectivity index (χ0v) is 6.07. The average molecular weight is 155 g/mol. The van der Waals surface area contributed by atoms with Gasteiger partial charge in [-0.15, -0.1) is 0 Å². The molecule has 0 radical (unpaired) electrons. The number of rotatable bonds is 2. The van der Waals surface area contributed by atoms with Crippen LogP contribution in [0.15, 0.2) is 12.5 Å². The third kappa shape index (κ3) is 2.05. The monoisotopic (exact) mass is 155 g/mol. The molecule has 0 unspecified atom stereocenters. The molecule has 5 nitrogen and oxygen atoms in total. The number of carbonyl (C=O) groups is 1. The molecule has 0 aliphatic rings. The summed E-state index contributed by atoms with van der Waals surface area (Å²) in [5.41, 5.74) is 5.24. The summed E-state index contributed by atoms with van der Waals surface area (Å²) >= 11 is 0. The van der Waals surface area contributed by atoms with E-state index in [1.165, 1.54) is 12.5 Å². The fourth-order valence-corrected chi connectivity index (χ4v) is 0.500. The maximum atomic E-state index is 10.8. The summed E-state index contributed by atoms with van der Waals surface area (Å²) in [6, 6.07) is -0.613. The Hall–Kier alpha value is -1.36. The minimum Gasteiger partial charge on any atom is -0.407 e. The van der Waals surface area contributed by atoms with E-state index in [1.54, 1.807) is 6.92 Å². The second kappa shape index (κ2) is 3.16. The second-order valence-corrected chi connectivity index (χ2v) is 2.13. The minimum atomic E-state index is -0.613. The molecule has 0 aromatic carbocycles. The highest BCUT2D eigenvalue weighted by atomic mass is 16.5. The molecule has 0 fully saturated rings. The van der Waals surface area contributed by atoms with Gasteiger partial charge in [0.1, 0.15) is 6.04 Å². The molecule has 0 bridgehead atoms. The number of H-pyrrole nitrogens is 1. The molecule has 1 rings (SSSR count). The number of nitrogens with zero attached hydrogens (tertiary/aromatic N) is 1. The molecular weight excluding hydrogens is 146 g/mol. The third-order valence-electron chi connectivity index (χ3n) is 1.06. The molecule has 1 aromatic rings. The number of carbonyl (C=O) groups excluding carboxylic acids is 1. The highest BCUT2D eigenvalue weighted by Gasteiger charge is 2.09. The van der Waals surface area contributed by atoms with Crippen molar-refractivity contribution in [1.82, 2.24) is 9.97 Å². The number of nitrogens with one attached hydrogen (secondary N) is 1. The van der Waals surface area contributed by atoms with Crippen molar-refractivity contribution in [2.45, 2.75) is 13.0 Å². The van der Waals surface area contributed by atoms with E-state index < -0.39 is 12.0 Å². The summed E-state index contributed by atoms with van der Waals surface area (Å²) in [7, 11) is 0. The van der Waals surface area contributed by atoms with E-state index in [1.807, 2.05) is 0 Å². The summed E-state index contributed by atoms with van der Waals surface area (Å²) in [4.78, 5) is 17.1. The van der Waals surface area contributed by atoms with Crippen molar-refractivity contribution in [3.8, 4) is 5.88 Å². The van der Waals surface area contributed by atoms with Crippen LogP contribution in [0.1, 0.15) is 6.92 Å². The van der Waals surface area contributed by atoms with Gasteiger partial charge in [0, 0.05) is 0 Å². The van der Waals surface area contributed by atoms with Crippen LogP contribution in [0.2, 0.25) is 0 Å². The van der Waals surface area contributed by atoms with Crippen molar-refractivity contribution in [2.75, 3.05) is 0 Å². The molecule has 60 valence electrons. The van der Waals surface area contributed by atoms with Gasteiger partial charge in [-0.3, -0.25) is 0 Å². The molecule has 0 aliphatic heterocycles. The van der Waals surface area contributed by atoms with Crippen molar-refractivity contribution in [1.29, 1.82) is 0 Å². The molecule has 1 heterocycles. The van der Waals surface area contributed by atoms with Crippen LogP contribution in [0.3, 0.4) is 0 Å². The van der Waals surface area contributed by atoms with Crippen LogP contribution in [0.4, 0.5) is 0 Å². The molecule has 1 atom stereocenters. The fourth-order valence-electron chi connectivity index (χ4n) is 0.500. The predicted molar refractivity (Wildman–Crippen MR) is 37.9 cm³/mol. The quantitative estimate of drug-likeness (QED) is 0.572. The van der Waals surface area contributed by atoms with E-state index in [-0.39, 0.29) is 0 Å². The van der Waals surface area contributed by atoms with E-state index >= 15 is 0 Å². The van der Waals surface area contributed by atoms with Crippen molar-refractivity contribution in [3.63, 3.8) is 0 Å². The lowest BCUT2D eigenvalue weighted by Gasteiger charge is -2.02. The Labute approximate surface area is 63.6 Å². The molecule has 11 heavy (non-hydrogen) atoms. The Balaban J connectivity index is 2.50. The SMILES string of the molecule is C[C@H](N)C(=O)Oc1cnc[nH]1. The Morgan fingerprint density at radius 3 is 3.09 bits per heavy atom. The number of imidazole rings is 1. The van der Waals surface area contributed by atoms with Crippen LogP contribution in [0, 0.1) is 0 Å². The number of ether oxygens (including phenoxy) is 1. The van der Waals surface area contributed by atoms with Gasteiger partial charge in [0.15, 0.2) is 0 Å². The van der Waals surface area contributed by atoms with Gasteiger partial charge in [-0.2, -0.15) is 0 Å². The van der Waals surface area contributed by atoms with Gasteiger partial charge in [-0.1, -0.05) is 0 Å². The minimum absolute atomic E-state index is 0.312. The van der Waals surface area contributed by atoms with Crippen LogP contribution in [-0.4, -0.2) is 22.0 Å². The number of esters is 1. The number of nitrogens with two attached hydrogens (primary N) is 1. The van der Waals surface area contributed by atoms with Crippen molar-refractivity contribution in [2.24, 2.45) is 5.73 Å². The number of aromatic amines is 1. The van der Waals surface area contributed by atoms with Crippen LogP contribution in [0.5, 0.6) is 5.88 Å². The van der Waals surface area contributed by atoms with E-state index in [4.69, 9.17) is 10.5 Å². The van der Waals surface area contributed by atoms with Gasteiger partial charge >= 0.3 is 5.97 Å². The van der Waals surface area contributed by atoms with Gasteiger partial charge in [-0.25, -0.2) is 9.78 Å². The Morgan fingerprint density at radius 2 is 2.64 bits per heavy atom. The molecule has 0 spiro atoms. The molecule has 0 saturated heterocycles. The summed E-state index contributed by atoms with van der Waals surface area (Å²) < 4.78 is 4.73. The largest absolute Gasteiger partial charge is 0.407 e. The average Bonchev–Trinajstić information content (AvgIpc) is 2.39. The van der Waals surface area contributed by atoms with Gasteiger partial charge in [0.05, 0.1) is 12.5 Å². The summed E-state index contributed by atoms with van der Waals surface area (Å²) in [6.07, 6.45) is 2.82. The molecular formula is C6H9N3O2.